The fourth-order valence-corrected chi connectivity index (χ4v) is 3.50. The van der Waals surface area contributed by atoms with E-state index < -0.39 is 5.91 Å². The smallest absolute Gasteiger partial charge is 0.264 e. The van der Waals surface area contributed by atoms with Crippen molar-refractivity contribution in [1.82, 2.24) is 4.90 Å². The Labute approximate surface area is 151 Å². The lowest BCUT2D eigenvalue weighted by Crippen LogP contribution is -2.34. The molecule has 2 rings (SSSR count). The number of benzene rings is 1. The first-order valence-electron chi connectivity index (χ1n) is 6.99. The molecule has 0 spiro atoms. The fraction of sp³-hybridized carbons (Fsp3) is 0.188. The number of anilines is 1. The number of nitrogens with two attached hydrogens (primary N) is 1. The maximum absolute atomic E-state index is 12.2. The average Bonchev–Trinajstić information content (AvgIpc) is 2.92. The summed E-state index contributed by atoms with van der Waals surface area (Å²) in [5.41, 5.74) is 6.87. The Balaban J connectivity index is 1.99. The summed E-state index contributed by atoms with van der Waals surface area (Å²) < 4.78 is 0.855. The number of amides is 3. The van der Waals surface area contributed by atoms with Gasteiger partial charge >= 0.3 is 0 Å². The molecule has 3 N–H and O–H groups in total. The Bertz CT molecular complexity index is 804. The van der Waals surface area contributed by atoms with Gasteiger partial charge in [0, 0.05) is 18.3 Å². The molecule has 3 amide bonds. The van der Waals surface area contributed by atoms with Gasteiger partial charge in [-0.1, -0.05) is 0 Å². The van der Waals surface area contributed by atoms with Crippen LogP contribution in [0.2, 0.25) is 0 Å². The second-order valence-corrected chi connectivity index (χ2v) is 7.67. The SMILES string of the molecule is Cc1cc(NC(=O)CN(C)C(=O)c2ccc(Br)s2)ccc1C(N)=O. The molecule has 0 fully saturated rings. The van der Waals surface area contributed by atoms with Gasteiger partial charge in [0.05, 0.1) is 15.2 Å². The van der Waals surface area contributed by atoms with Crippen molar-refractivity contribution in [3.63, 3.8) is 0 Å². The minimum absolute atomic E-state index is 0.0784. The van der Waals surface area contributed by atoms with Gasteiger partial charge in [-0.15, -0.1) is 11.3 Å². The molecule has 8 heteroatoms. The van der Waals surface area contributed by atoms with Gasteiger partial charge in [0.15, 0.2) is 0 Å². The second-order valence-electron chi connectivity index (χ2n) is 5.21. The first-order chi connectivity index (χ1) is 11.3. The zero-order valence-electron chi connectivity index (χ0n) is 13.1. The van der Waals surface area contributed by atoms with Crippen LogP contribution in [0.15, 0.2) is 34.1 Å². The van der Waals surface area contributed by atoms with Crippen LogP contribution in [0.5, 0.6) is 0 Å². The first kappa shape index (κ1) is 18.2. The third-order valence-corrected chi connectivity index (χ3v) is 4.90. The molecule has 0 atom stereocenters. The second kappa shape index (κ2) is 7.59. The van der Waals surface area contributed by atoms with E-state index >= 15 is 0 Å². The van der Waals surface area contributed by atoms with Gasteiger partial charge in [-0.3, -0.25) is 14.4 Å². The maximum atomic E-state index is 12.2. The van der Waals surface area contributed by atoms with Crippen LogP contribution < -0.4 is 11.1 Å². The van der Waals surface area contributed by atoms with Gasteiger partial charge in [0.25, 0.3) is 5.91 Å². The molecule has 0 aliphatic heterocycles. The predicted molar refractivity (Wildman–Crippen MR) is 97.3 cm³/mol. The van der Waals surface area contributed by atoms with Crippen molar-refractivity contribution in [2.75, 3.05) is 18.9 Å². The van der Waals surface area contributed by atoms with Crippen LogP contribution in [0.3, 0.4) is 0 Å². The molecular formula is C16H16BrN3O3S. The van der Waals surface area contributed by atoms with Crippen LogP contribution in [0.25, 0.3) is 0 Å². The number of primary amides is 1. The minimum atomic E-state index is -0.516. The van der Waals surface area contributed by atoms with Crippen LogP contribution in [0.4, 0.5) is 5.69 Å². The average molecular weight is 410 g/mol. The lowest BCUT2D eigenvalue weighted by atomic mass is 10.1. The summed E-state index contributed by atoms with van der Waals surface area (Å²) in [5, 5.41) is 2.70. The number of thiophene rings is 1. The fourth-order valence-electron chi connectivity index (χ4n) is 2.12. The Morgan fingerprint density at radius 3 is 2.50 bits per heavy atom. The van der Waals surface area contributed by atoms with Crippen LogP contribution in [-0.4, -0.2) is 36.2 Å². The number of hydrogen-bond acceptors (Lipinski definition) is 4. The van der Waals surface area contributed by atoms with E-state index in [0.717, 1.165) is 3.79 Å². The highest BCUT2D eigenvalue weighted by molar-refractivity contribution is 9.11. The molecular weight excluding hydrogens is 394 g/mol. The quantitative estimate of drug-likeness (QED) is 0.794. The predicted octanol–water partition coefficient (Wildman–Crippen LogP) is 2.63. The highest BCUT2D eigenvalue weighted by Crippen LogP contribution is 2.23. The number of carbonyl (C=O) groups excluding carboxylic acids is 3. The largest absolute Gasteiger partial charge is 0.366 e. The summed E-state index contributed by atoms with van der Waals surface area (Å²) in [6.45, 7) is 1.66. The molecule has 0 aliphatic carbocycles. The Kier molecular flexibility index (Phi) is 5.74. The van der Waals surface area contributed by atoms with Gasteiger partial charge < -0.3 is 16.0 Å². The van der Waals surface area contributed by atoms with Gasteiger partial charge in [-0.25, -0.2) is 0 Å². The van der Waals surface area contributed by atoms with Crippen molar-refractivity contribution < 1.29 is 14.4 Å². The van der Waals surface area contributed by atoms with E-state index in [0.29, 0.717) is 21.7 Å². The molecule has 24 heavy (non-hydrogen) atoms. The molecule has 0 saturated heterocycles. The number of rotatable bonds is 5. The van der Waals surface area contributed by atoms with Crippen molar-refractivity contribution in [2.45, 2.75) is 6.92 Å². The Hall–Kier alpha value is -2.19. The lowest BCUT2D eigenvalue weighted by molar-refractivity contribution is -0.116. The molecule has 0 bridgehead atoms. The van der Waals surface area contributed by atoms with Crippen molar-refractivity contribution in [3.8, 4) is 0 Å². The van der Waals surface area contributed by atoms with Crippen molar-refractivity contribution in [3.05, 3.63) is 50.1 Å². The van der Waals surface area contributed by atoms with E-state index in [1.54, 1.807) is 44.3 Å². The lowest BCUT2D eigenvalue weighted by Gasteiger charge is -2.16. The monoisotopic (exact) mass is 409 g/mol. The molecule has 0 aliphatic rings. The van der Waals surface area contributed by atoms with Gasteiger partial charge in [-0.2, -0.15) is 0 Å². The molecule has 0 radical (unpaired) electrons. The third kappa shape index (κ3) is 4.42. The molecule has 126 valence electrons. The molecule has 1 aromatic heterocycles. The van der Waals surface area contributed by atoms with Crippen molar-refractivity contribution in [2.24, 2.45) is 5.73 Å². The molecule has 0 saturated carbocycles. The van der Waals surface area contributed by atoms with Crippen LogP contribution >= 0.6 is 27.3 Å². The number of aryl methyl sites for hydroxylation is 1. The topological polar surface area (TPSA) is 92.5 Å². The molecule has 1 aromatic carbocycles. The number of nitrogens with one attached hydrogen (secondary N) is 1. The summed E-state index contributed by atoms with van der Waals surface area (Å²) >= 11 is 4.61. The zero-order chi connectivity index (χ0) is 17.9. The van der Waals surface area contributed by atoms with Gasteiger partial charge in [0.1, 0.15) is 0 Å². The number of carbonyl (C=O) groups is 3. The van der Waals surface area contributed by atoms with Crippen LogP contribution in [-0.2, 0) is 4.79 Å². The molecule has 6 nitrogen and oxygen atoms in total. The van der Waals surface area contributed by atoms with E-state index in [4.69, 9.17) is 5.73 Å². The highest BCUT2D eigenvalue weighted by Gasteiger charge is 2.17. The van der Waals surface area contributed by atoms with E-state index in [2.05, 4.69) is 21.2 Å². The Morgan fingerprint density at radius 1 is 1.25 bits per heavy atom. The standard InChI is InChI=1S/C16H16BrN3O3S/c1-9-7-10(3-4-11(9)15(18)22)19-14(21)8-20(2)16(23)12-5-6-13(17)24-12/h3-7H,8H2,1-2H3,(H2,18,22)(H,19,21). The summed E-state index contributed by atoms with van der Waals surface area (Å²) in [4.78, 5) is 37.4. The van der Waals surface area contributed by atoms with Crippen molar-refractivity contribution >= 4 is 50.7 Å². The maximum Gasteiger partial charge on any atom is 0.264 e. The van der Waals surface area contributed by atoms with Crippen LogP contribution in [0.1, 0.15) is 25.6 Å². The van der Waals surface area contributed by atoms with Gasteiger partial charge in [0.2, 0.25) is 11.8 Å². The summed E-state index contributed by atoms with van der Waals surface area (Å²) in [7, 11) is 1.57. The van der Waals surface area contributed by atoms with E-state index in [1.165, 1.54) is 16.2 Å². The van der Waals surface area contributed by atoms with Crippen molar-refractivity contribution in [1.29, 1.82) is 0 Å². The normalized spacial score (nSPS) is 10.3. The zero-order valence-corrected chi connectivity index (χ0v) is 15.5. The number of nitrogens with zero attached hydrogens (tertiary/aromatic N) is 1. The number of halogens is 1. The Morgan fingerprint density at radius 2 is 1.96 bits per heavy atom. The van der Waals surface area contributed by atoms with E-state index in [1.807, 2.05) is 0 Å². The molecule has 2 aromatic rings. The third-order valence-electron chi connectivity index (χ3n) is 3.29. The number of likely N-dealkylation sites (N-methyl/N-ethyl adjacent to an activating group) is 1. The summed E-state index contributed by atoms with van der Waals surface area (Å²) in [6.07, 6.45) is 0. The summed E-state index contributed by atoms with van der Waals surface area (Å²) in [5.74, 6) is -1.06. The van der Waals surface area contributed by atoms with Crippen LogP contribution in [0, 0.1) is 6.92 Å². The van der Waals surface area contributed by atoms with E-state index in [9.17, 15) is 14.4 Å². The molecule has 0 unspecified atom stereocenters. The number of hydrogen-bond donors (Lipinski definition) is 2. The van der Waals surface area contributed by atoms with Gasteiger partial charge in [-0.05, 0) is 58.7 Å². The highest BCUT2D eigenvalue weighted by atomic mass is 79.9. The minimum Gasteiger partial charge on any atom is -0.366 e. The van der Waals surface area contributed by atoms with E-state index in [-0.39, 0.29) is 18.4 Å². The summed E-state index contributed by atoms with van der Waals surface area (Å²) in [6, 6.07) is 8.32. The first-order valence-corrected chi connectivity index (χ1v) is 8.60. The molecule has 1 heterocycles.